The number of fused-ring (bicyclic) bond motifs is 1. The number of aromatic nitrogens is 2. The van der Waals surface area contributed by atoms with Gasteiger partial charge in [-0.25, -0.2) is 4.98 Å². The lowest BCUT2D eigenvalue weighted by Gasteiger charge is -2.09. The van der Waals surface area contributed by atoms with Crippen molar-refractivity contribution in [1.29, 1.82) is 0 Å². The maximum absolute atomic E-state index is 12.7. The molecule has 4 aromatic rings. The lowest BCUT2D eigenvalue weighted by atomic mass is 10.1. The second kappa shape index (κ2) is 8.56. The number of oxazole rings is 1. The molecule has 146 valence electrons. The highest BCUT2D eigenvalue weighted by Crippen LogP contribution is 2.25. The highest BCUT2D eigenvalue weighted by Gasteiger charge is 2.11. The van der Waals surface area contributed by atoms with Crippen LogP contribution in [0.4, 0.5) is 5.69 Å². The molecule has 0 fully saturated rings. The number of carbonyl (C=O) groups excluding carboxylic acids is 1. The number of nitrogens with one attached hydrogen (secondary N) is 1. The lowest BCUT2D eigenvalue weighted by Crippen LogP contribution is -2.12. The third-order valence-electron chi connectivity index (χ3n) is 4.40. The molecule has 4 rings (SSSR count). The van der Waals surface area contributed by atoms with E-state index in [1.54, 1.807) is 24.4 Å². The molecule has 0 saturated heterocycles. The van der Waals surface area contributed by atoms with Crippen molar-refractivity contribution >= 4 is 22.8 Å². The van der Waals surface area contributed by atoms with Crippen LogP contribution in [0.3, 0.4) is 0 Å². The van der Waals surface area contributed by atoms with Crippen molar-refractivity contribution in [2.45, 2.75) is 19.8 Å². The Kier molecular flexibility index (Phi) is 5.52. The molecule has 0 radical (unpaired) electrons. The Morgan fingerprint density at radius 2 is 2.00 bits per heavy atom. The summed E-state index contributed by atoms with van der Waals surface area (Å²) in [5, 5.41) is 2.92. The summed E-state index contributed by atoms with van der Waals surface area (Å²) in [6.45, 7) is 2.75. The summed E-state index contributed by atoms with van der Waals surface area (Å²) in [6, 6.07) is 18.2. The first-order valence-electron chi connectivity index (χ1n) is 9.59. The second-order valence-electron chi connectivity index (χ2n) is 6.61. The SMILES string of the molecule is CCCCOc1cccc(C(=O)Nc2cccc(-c3nc4ncccc4o3)c2)c1. The van der Waals surface area contributed by atoms with E-state index in [4.69, 9.17) is 9.15 Å². The fourth-order valence-electron chi connectivity index (χ4n) is 2.89. The zero-order valence-corrected chi connectivity index (χ0v) is 16.1. The van der Waals surface area contributed by atoms with Gasteiger partial charge in [-0.3, -0.25) is 4.79 Å². The molecule has 0 atom stereocenters. The Hall–Kier alpha value is -3.67. The molecule has 29 heavy (non-hydrogen) atoms. The minimum Gasteiger partial charge on any atom is -0.494 e. The maximum atomic E-state index is 12.7. The number of carbonyl (C=O) groups is 1. The first-order chi connectivity index (χ1) is 14.2. The van der Waals surface area contributed by atoms with E-state index < -0.39 is 0 Å². The van der Waals surface area contributed by atoms with Crippen molar-refractivity contribution in [1.82, 2.24) is 9.97 Å². The molecule has 1 N–H and O–H groups in total. The summed E-state index contributed by atoms with van der Waals surface area (Å²) in [5.74, 6) is 0.947. The van der Waals surface area contributed by atoms with Gasteiger partial charge in [0.05, 0.1) is 6.61 Å². The molecule has 2 heterocycles. The minimum absolute atomic E-state index is 0.206. The number of hydrogen-bond acceptors (Lipinski definition) is 5. The van der Waals surface area contributed by atoms with Crippen LogP contribution >= 0.6 is 0 Å². The number of unbranched alkanes of at least 4 members (excludes halogenated alkanes) is 1. The van der Waals surface area contributed by atoms with Gasteiger partial charge in [-0.2, -0.15) is 4.98 Å². The molecular formula is C23H21N3O3. The van der Waals surface area contributed by atoms with Crippen LogP contribution in [0.15, 0.2) is 71.3 Å². The molecule has 0 bridgehead atoms. The van der Waals surface area contributed by atoms with Gasteiger partial charge in [-0.1, -0.05) is 25.5 Å². The molecule has 1 amide bonds. The maximum Gasteiger partial charge on any atom is 0.255 e. The van der Waals surface area contributed by atoms with Crippen LogP contribution in [0.2, 0.25) is 0 Å². The van der Waals surface area contributed by atoms with E-state index in [-0.39, 0.29) is 5.91 Å². The Labute approximate surface area is 168 Å². The van der Waals surface area contributed by atoms with Gasteiger partial charge in [0, 0.05) is 23.0 Å². The van der Waals surface area contributed by atoms with Crippen molar-refractivity contribution < 1.29 is 13.9 Å². The first kappa shape index (κ1) is 18.7. The summed E-state index contributed by atoms with van der Waals surface area (Å²) in [7, 11) is 0. The number of hydrogen-bond donors (Lipinski definition) is 1. The van der Waals surface area contributed by atoms with Gasteiger partial charge in [-0.15, -0.1) is 0 Å². The zero-order chi connectivity index (χ0) is 20.1. The summed E-state index contributed by atoms with van der Waals surface area (Å²) in [6.07, 6.45) is 3.71. The van der Waals surface area contributed by atoms with E-state index >= 15 is 0 Å². The van der Waals surface area contributed by atoms with Crippen molar-refractivity contribution in [2.24, 2.45) is 0 Å². The van der Waals surface area contributed by atoms with Crippen LogP contribution < -0.4 is 10.1 Å². The molecule has 0 aliphatic carbocycles. The molecule has 0 unspecified atom stereocenters. The normalized spacial score (nSPS) is 10.8. The highest BCUT2D eigenvalue weighted by atomic mass is 16.5. The molecule has 2 aromatic carbocycles. The van der Waals surface area contributed by atoms with Gasteiger partial charge in [0.25, 0.3) is 5.91 Å². The molecule has 6 heteroatoms. The molecule has 6 nitrogen and oxygen atoms in total. The summed E-state index contributed by atoms with van der Waals surface area (Å²) in [4.78, 5) is 21.3. The van der Waals surface area contributed by atoms with Crippen LogP contribution in [0.5, 0.6) is 5.75 Å². The first-order valence-corrected chi connectivity index (χ1v) is 9.59. The van der Waals surface area contributed by atoms with Gasteiger partial charge in [-0.05, 0) is 55.0 Å². The number of rotatable bonds is 7. The third kappa shape index (κ3) is 4.43. The second-order valence-corrected chi connectivity index (χ2v) is 6.61. The largest absolute Gasteiger partial charge is 0.494 e. The molecule has 2 aromatic heterocycles. The highest BCUT2D eigenvalue weighted by molar-refractivity contribution is 6.04. The quantitative estimate of drug-likeness (QED) is 0.434. The summed E-state index contributed by atoms with van der Waals surface area (Å²) >= 11 is 0. The number of amides is 1. The number of nitrogens with zero attached hydrogens (tertiary/aromatic N) is 2. The predicted molar refractivity (Wildman–Crippen MR) is 112 cm³/mol. The number of ether oxygens (including phenoxy) is 1. The van der Waals surface area contributed by atoms with Crippen molar-refractivity contribution in [3.05, 3.63) is 72.4 Å². The van der Waals surface area contributed by atoms with E-state index in [1.165, 1.54) is 0 Å². The number of anilines is 1. The average Bonchev–Trinajstić information content (AvgIpc) is 3.19. The summed E-state index contributed by atoms with van der Waals surface area (Å²) < 4.78 is 11.4. The number of benzene rings is 2. The monoisotopic (exact) mass is 387 g/mol. The molecular weight excluding hydrogens is 366 g/mol. The van der Waals surface area contributed by atoms with Crippen LogP contribution in [-0.2, 0) is 0 Å². The van der Waals surface area contributed by atoms with E-state index in [9.17, 15) is 4.79 Å². The lowest BCUT2D eigenvalue weighted by molar-refractivity contribution is 0.102. The standard InChI is InChI=1S/C23H21N3O3/c1-2-3-13-28-19-10-5-7-16(15-19)22(27)25-18-9-4-8-17(14-18)23-26-21-20(29-23)11-6-12-24-21/h4-12,14-15H,2-3,13H2,1H3,(H,25,27). The van der Waals surface area contributed by atoms with E-state index in [2.05, 4.69) is 22.2 Å². The summed E-state index contributed by atoms with van der Waals surface area (Å²) in [5.41, 5.74) is 3.13. The molecule has 0 aliphatic rings. The van der Waals surface area contributed by atoms with Gasteiger partial charge in [0.1, 0.15) is 5.75 Å². The van der Waals surface area contributed by atoms with Crippen LogP contribution in [0.1, 0.15) is 30.1 Å². The van der Waals surface area contributed by atoms with Crippen molar-refractivity contribution in [2.75, 3.05) is 11.9 Å². The Balaban J connectivity index is 1.50. The van der Waals surface area contributed by atoms with Crippen LogP contribution in [-0.4, -0.2) is 22.5 Å². The predicted octanol–water partition coefficient (Wildman–Crippen LogP) is 5.32. The Morgan fingerprint density at radius 3 is 2.86 bits per heavy atom. The number of pyridine rings is 1. The van der Waals surface area contributed by atoms with Gasteiger partial charge < -0.3 is 14.5 Å². The van der Waals surface area contributed by atoms with Gasteiger partial charge >= 0.3 is 0 Å². The average molecular weight is 387 g/mol. The van der Waals surface area contributed by atoms with Crippen LogP contribution in [0, 0.1) is 0 Å². The smallest absolute Gasteiger partial charge is 0.255 e. The molecule has 0 saturated carbocycles. The molecule has 0 spiro atoms. The Bertz CT molecular complexity index is 1100. The zero-order valence-electron chi connectivity index (χ0n) is 16.1. The topological polar surface area (TPSA) is 77.2 Å². The van der Waals surface area contributed by atoms with E-state index in [0.717, 1.165) is 18.4 Å². The third-order valence-corrected chi connectivity index (χ3v) is 4.40. The fraction of sp³-hybridized carbons (Fsp3) is 0.174. The van der Waals surface area contributed by atoms with Crippen molar-refractivity contribution in [3.8, 4) is 17.2 Å². The molecule has 0 aliphatic heterocycles. The van der Waals surface area contributed by atoms with Crippen LogP contribution in [0.25, 0.3) is 22.7 Å². The van der Waals surface area contributed by atoms with E-state index in [0.29, 0.717) is 40.7 Å². The fourth-order valence-corrected chi connectivity index (χ4v) is 2.89. The van der Waals surface area contributed by atoms with Crippen molar-refractivity contribution in [3.63, 3.8) is 0 Å². The van der Waals surface area contributed by atoms with E-state index in [1.807, 2.05) is 42.5 Å². The van der Waals surface area contributed by atoms with Gasteiger partial charge in [0.2, 0.25) is 5.89 Å². The Morgan fingerprint density at radius 1 is 1.10 bits per heavy atom. The minimum atomic E-state index is -0.206. The van der Waals surface area contributed by atoms with Gasteiger partial charge in [0.15, 0.2) is 11.2 Å².